The van der Waals surface area contributed by atoms with Crippen LogP contribution >= 0.6 is 23.2 Å². The van der Waals surface area contributed by atoms with Crippen LogP contribution in [0.25, 0.3) is 21.8 Å². The highest BCUT2D eigenvalue weighted by Gasteiger charge is 2.14. The molecule has 0 spiro atoms. The van der Waals surface area contributed by atoms with Crippen LogP contribution in [0, 0.1) is 0 Å². The first-order chi connectivity index (χ1) is 18.8. The van der Waals surface area contributed by atoms with Crippen LogP contribution in [-0.2, 0) is 0 Å². The molecule has 0 saturated heterocycles. The normalized spacial score (nSPS) is 11.8. The zero-order valence-corrected chi connectivity index (χ0v) is 24.9. The highest BCUT2D eigenvalue weighted by Crippen LogP contribution is 2.28. The Hall–Kier alpha value is -2.68. The number of likely N-dealkylation sites (N-methyl/N-ethyl adjacent to an activating group) is 3. The molecule has 0 atom stereocenters. The summed E-state index contributed by atoms with van der Waals surface area (Å²) >= 11 is 12.4. The molecule has 0 bridgehead atoms. The molecule has 4 aromatic rings. The summed E-state index contributed by atoms with van der Waals surface area (Å²) in [6, 6.07) is 16.0. The lowest BCUT2D eigenvalue weighted by Crippen LogP contribution is -2.40. The third-order valence-electron chi connectivity index (χ3n) is 6.97. The molecule has 2 aromatic carbocycles. The fourth-order valence-electron chi connectivity index (χ4n) is 4.57. The molecular weight excluding hydrogens is 529 g/mol. The van der Waals surface area contributed by atoms with E-state index >= 15 is 0 Å². The van der Waals surface area contributed by atoms with Gasteiger partial charge in [-0.25, -0.2) is 0 Å². The number of benzene rings is 2. The van der Waals surface area contributed by atoms with Gasteiger partial charge in [-0.3, -0.25) is 9.97 Å². The predicted molar refractivity (Wildman–Crippen MR) is 168 cm³/mol. The van der Waals surface area contributed by atoms with E-state index in [1.165, 1.54) is 5.69 Å². The van der Waals surface area contributed by atoms with E-state index in [1.54, 1.807) is 0 Å². The van der Waals surface area contributed by atoms with E-state index in [0.717, 1.165) is 79.9 Å². The number of nitrogens with one attached hydrogen (secondary N) is 1. The standard InChI is InChI=1S/C30H39Cl2N7/c1-36(2)15-16-38(4)18-20-39(30-10-12-34-29-22-24(32)6-8-26(29)30)19-17-37(3)14-13-35-27-9-11-33-28-21-23(31)5-7-25(27)28/h5-12,21-22H,13-20H2,1-4H3,(H,33,35). The highest BCUT2D eigenvalue weighted by molar-refractivity contribution is 6.31. The van der Waals surface area contributed by atoms with Gasteiger partial charge in [0.2, 0.25) is 0 Å². The molecule has 0 unspecified atom stereocenters. The number of aromatic nitrogens is 2. The van der Waals surface area contributed by atoms with Gasteiger partial charge in [0, 0.05) is 96.9 Å². The molecule has 0 aliphatic rings. The van der Waals surface area contributed by atoms with E-state index in [4.69, 9.17) is 23.2 Å². The van der Waals surface area contributed by atoms with Gasteiger partial charge in [-0.05, 0) is 76.7 Å². The van der Waals surface area contributed by atoms with Crippen molar-refractivity contribution in [2.75, 3.05) is 90.8 Å². The zero-order valence-electron chi connectivity index (χ0n) is 23.4. The van der Waals surface area contributed by atoms with Gasteiger partial charge in [-0.2, -0.15) is 0 Å². The first-order valence-electron chi connectivity index (χ1n) is 13.4. The van der Waals surface area contributed by atoms with Crippen molar-refractivity contribution in [2.45, 2.75) is 0 Å². The molecule has 4 rings (SSSR count). The number of halogens is 2. The Kier molecular flexibility index (Phi) is 10.6. The van der Waals surface area contributed by atoms with E-state index in [-0.39, 0.29) is 0 Å². The molecule has 0 fully saturated rings. The number of nitrogens with zero attached hydrogens (tertiary/aromatic N) is 6. The fourth-order valence-corrected chi connectivity index (χ4v) is 4.90. The fraction of sp³-hybridized carbons (Fsp3) is 0.400. The van der Waals surface area contributed by atoms with Crippen molar-refractivity contribution >= 4 is 56.4 Å². The number of pyridine rings is 2. The Morgan fingerprint density at radius 2 is 1.21 bits per heavy atom. The van der Waals surface area contributed by atoms with E-state index in [2.05, 4.69) is 75.2 Å². The monoisotopic (exact) mass is 567 g/mol. The molecular formula is C30H39Cl2N7. The maximum absolute atomic E-state index is 6.26. The lowest BCUT2D eigenvalue weighted by Gasteiger charge is -2.30. The van der Waals surface area contributed by atoms with E-state index in [1.807, 2.05) is 48.8 Å². The number of hydrogen-bond donors (Lipinski definition) is 1. The van der Waals surface area contributed by atoms with Crippen LogP contribution in [0.2, 0.25) is 10.0 Å². The van der Waals surface area contributed by atoms with Crippen LogP contribution in [0.5, 0.6) is 0 Å². The van der Waals surface area contributed by atoms with Gasteiger partial charge >= 0.3 is 0 Å². The molecule has 9 heteroatoms. The van der Waals surface area contributed by atoms with E-state index < -0.39 is 0 Å². The first-order valence-corrected chi connectivity index (χ1v) is 14.1. The second-order valence-electron chi connectivity index (χ2n) is 10.3. The van der Waals surface area contributed by atoms with Crippen molar-refractivity contribution in [3.05, 3.63) is 71.0 Å². The van der Waals surface area contributed by atoms with Crippen LogP contribution in [0.1, 0.15) is 0 Å². The Morgan fingerprint density at radius 3 is 1.87 bits per heavy atom. The molecule has 0 saturated carbocycles. The summed E-state index contributed by atoms with van der Waals surface area (Å²) in [5, 5.41) is 7.20. The SMILES string of the molecule is CN(C)CCN(C)CCN(CCN(C)CCNc1ccnc2cc(Cl)ccc12)c1ccnc2cc(Cl)ccc12. The zero-order chi connectivity index (χ0) is 27.8. The summed E-state index contributed by atoms with van der Waals surface area (Å²) in [7, 11) is 8.61. The van der Waals surface area contributed by atoms with Crippen LogP contribution in [0.4, 0.5) is 11.4 Å². The van der Waals surface area contributed by atoms with Crippen molar-refractivity contribution in [3.8, 4) is 0 Å². The minimum absolute atomic E-state index is 0.699. The van der Waals surface area contributed by atoms with Gasteiger partial charge < -0.3 is 24.9 Å². The van der Waals surface area contributed by atoms with E-state index in [9.17, 15) is 0 Å². The van der Waals surface area contributed by atoms with Gasteiger partial charge in [0.25, 0.3) is 0 Å². The highest BCUT2D eigenvalue weighted by atomic mass is 35.5. The van der Waals surface area contributed by atoms with Crippen LogP contribution in [-0.4, -0.2) is 105 Å². The summed E-state index contributed by atoms with van der Waals surface area (Å²) in [6.07, 6.45) is 3.71. The van der Waals surface area contributed by atoms with Crippen molar-refractivity contribution < 1.29 is 0 Å². The summed E-state index contributed by atoms with van der Waals surface area (Å²) in [5.41, 5.74) is 4.10. The van der Waals surface area contributed by atoms with E-state index in [0.29, 0.717) is 10.0 Å². The van der Waals surface area contributed by atoms with Gasteiger partial charge in [-0.1, -0.05) is 23.2 Å². The lowest BCUT2D eigenvalue weighted by molar-refractivity contribution is 0.284. The molecule has 208 valence electrons. The molecule has 0 radical (unpaired) electrons. The number of rotatable bonds is 14. The summed E-state index contributed by atoms with van der Waals surface area (Å²) in [4.78, 5) is 18.5. The predicted octanol–water partition coefficient (Wildman–Crippen LogP) is 5.43. The molecule has 7 nitrogen and oxygen atoms in total. The molecule has 2 heterocycles. The Balaban J connectivity index is 1.39. The van der Waals surface area contributed by atoms with Crippen molar-refractivity contribution in [3.63, 3.8) is 0 Å². The molecule has 0 amide bonds. The molecule has 2 aromatic heterocycles. The first kappa shape index (κ1) is 29.3. The summed E-state index contributed by atoms with van der Waals surface area (Å²) in [5.74, 6) is 0. The number of fused-ring (bicyclic) bond motifs is 2. The average Bonchev–Trinajstić information content (AvgIpc) is 2.91. The van der Waals surface area contributed by atoms with Gasteiger partial charge in [0.15, 0.2) is 0 Å². The Labute approximate surface area is 242 Å². The Bertz CT molecular complexity index is 1360. The smallest absolute Gasteiger partial charge is 0.0737 e. The maximum Gasteiger partial charge on any atom is 0.0737 e. The van der Waals surface area contributed by atoms with Crippen LogP contribution < -0.4 is 10.2 Å². The third kappa shape index (κ3) is 8.40. The largest absolute Gasteiger partial charge is 0.383 e. The van der Waals surface area contributed by atoms with Gasteiger partial charge in [0.05, 0.1) is 11.0 Å². The third-order valence-corrected chi connectivity index (χ3v) is 7.44. The summed E-state index contributed by atoms with van der Waals surface area (Å²) in [6.45, 7) is 7.60. The lowest BCUT2D eigenvalue weighted by atomic mass is 10.1. The van der Waals surface area contributed by atoms with Gasteiger partial charge in [0.1, 0.15) is 0 Å². The van der Waals surface area contributed by atoms with Crippen LogP contribution in [0.3, 0.4) is 0 Å². The number of hydrogen-bond acceptors (Lipinski definition) is 7. The Morgan fingerprint density at radius 1 is 0.641 bits per heavy atom. The second kappa shape index (κ2) is 14.1. The van der Waals surface area contributed by atoms with Crippen molar-refractivity contribution in [1.29, 1.82) is 0 Å². The summed E-state index contributed by atoms with van der Waals surface area (Å²) < 4.78 is 0. The quantitative estimate of drug-likeness (QED) is 0.218. The minimum Gasteiger partial charge on any atom is -0.383 e. The van der Waals surface area contributed by atoms with Crippen molar-refractivity contribution in [2.24, 2.45) is 0 Å². The number of anilines is 2. The molecule has 0 aliphatic heterocycles. The minimum atomic E-state index is 0.699. The topological polar surface area (TPSA) is 50.8 Å². The van der Waals surface area contributed by atoms with Gasteiger partial charge in [-0.15, -0.1) is 0 Å². The maximum atomic E-state index is 6.26. The second-order valence-corrected chi connectivity index (χ2v) is 11.2. The molecule has 1 N–H and O–H groups in total. The molecule has 0 aliphatic carbocycles. The van der Waals surface area contributed by atoms with Crippen LogP contribution in [0.15, 0.2) is 60.9 Å². The average molecular weight is 569 g/mol. The molecule has 39 heavy (non-hydrogen) atoms. The van der Waals surface area contributed by atoms with Crippen molar-refractivity contribution in [1.82, 2.24) is 24.7 Å².